The van der Waals surface area contributed by atoms with Gasteiger partial charge in [-0.1, -0.05) is 12.1 Å². The minimum absolute atomic E-state index is 0.0142. The first-order valence-corrected chi connectivity index (χ1v) is 8.66. The van der Waals surface area contributed by atoms with E-state index >= 15 is 0 Å². The molecule has 0 atom stereocenters. The Morgan fingerprint density at radius 1 is 1.17 bits per heavy atom. The Bertz CT molecular complexity index is 558. The van der Waals surface area contributed by atoms with Crippen LogP contribution in [0.25, 0.3) is 0 Å². The van der Waals surface area contributed by atoms with Crippen molar-refractivity contribution >= 4 is 35.2 Å². The molecule has 23 heavy (non-hydrogen) atoms. The molecule has 3 amide bonds. The molecular weight excluding hydrogens is 314 g/mol. The van der Waals surface area contributed by atoms with E-state index in [-0.39, 0.29) is 18.5 Å². The summed E-state index contributed by atoms with van der Waals surface area (Å²) >= 11 is 1.71. The van der Waals surface area contributed by atoms with E-state index in [2.05, 4.69) is 10.6 Å². The number of anilines is 1. The highest BCUT2D eigenvalue weighted by atomic mass is 32.2. The number of likely N-dealkylation sites (N-methyl/N-ethyl adjacent to an activating group) is 1. The molecule has 0 aliphatic carbocycles. The number of carbonyl (C=O) groups excluding carboxylic acids is 3. The first-order valence-electron chi connectivity index (χ1n) is 7.27. The number of hydrogen-bond donors (Lipinski definition) is 2. The number of thioether (sulfide) groups is 1. The summed E-state index contributed by atoms with van der Waals surface area (Å²) in [5.41, 5.74) is 1.69. The van der Waals surface area contributed by atoms with Crippen LogP contribution in [0.2, 0.25) is 0 Å². The van der Waals surface area contributed by atoms with Crippen LogP contribution in [0.1, 0.15) is 19.4 Å². The number of nitrogens with zero attached hydrogens (tertiary/aromatic N) is 1. The molecule has 1 rings (SSSR count). The second-order valence-electron chi connectivity index (χ2n) is 5.47. The third-order valence-electron chi connectivity index (χ3n) is 2.89. The maximum absolute atomic E-state index is 12.0. The van der Waals surface area contributed by atoms with Crippen LogP contribution in [-0.4, -0.2) is 48.5 Å². The van der Waals surface area contributed by atoms with E-state index in [4.69, 9.17) is 0 Å². The summed E-state index contributed by atoms with van der Waals surface area (Å²) in [5, 5.41) is 5.21. The summed E-state index contributed by atoms with van der Waals surface area (Å²) in [6.07, 6.45) is 2.01. The van der Waals surface area contributed by atoms with Crippen molar-refractivity contribution in [3.63, 3.8) is 0 Å². The smallest absolute Gasteiger partial charge is 0.313 e. The fourth-order valence-electron chi connectivity index (χ4n) is 1.86. The van der Waals surface area contributed by atoms with Gasteiger partial charge in [-0.2, -0.15) is 11.8 Å². The minimum Gasteiger partial charge on any atom is -0.352 e. The number of benzene rings is 1. The lowest BCUT2D eigenvalue weighted by Crippen LogP contribution is -2.44. The normalized spacial score (nSPS) is 10.3. The Morgan fingerprint density at radius 2 is 1.78 bits per heavy atom. The molecule has 2 N–H and O–H groups in total. The van der Waals surface area contributed by atoms with Crippen LogP contribution in [0.3, 0.4) is 0 Å². The number of hydrogen-bond acceptors (Lipinski definition) is 4. The molecule has 0 aliphatic rings. The van der Waals surface area contributed by atoms with Crippen LogP contribution in [0, 0.1) is 0 Å². The zero-order valence-electron chi connectivity index (χ0n) is 13.9. The lowest BCUT2D eigenvalue weighted by atomic mass is 10.2. The molecule has 0 bridgehead atoms. The second kappa shape index (κ2) is 9.19. The standard InChI is InChI=1S/C16H23N3O3S/c1-11(2)17-14(20)9-19(3)16(22)15(21)18-13-7-5-12(6-8-13)10-23-4/h5-8,11H,9-10H2,1-4H3,(H,17,20)(H,18,21). The highest BCUT2D eigenvalue weighted by Crippen LogP contribution is 2.13. The van der Waals surface area contributed by atoms with Crippen molar-refractivity contribution in [1.82, 2.24) is 10.2 Å². The third kappa shape index (κ3) is 6.73. The Balaban J connectivity index is 2.55. The summed E-state index contributed by atoms with van der Waals surface area (Å²) in [6.45, 7) is 3.50. The zero-order valence-corrected chi connectivity index (χ0v) is 14.7. The van der Waals surface area contributed by atoms with E-state index in [0.717, 1.165) is 16.2 Å². The van der Waals surface area contributed by atoms with Crippen LogP contribution in [0.4, 0.5) is 5.69 Å². The van der Waals surface area contributed by atoms with Gasteiger partial charge in [-0.05, 0) is 37.8 Å². The topological polar surface area (TPSA) is 78.5 Å². The molecule has 0 aromatic heterocycles. The van der Waals surface area contributed by atoms with Gasteiger partial charge in [0.2, 0.25) is 5.91 Å². The summed E-state index contributed by atoms with van der Waals surface area (Å²) in [6, 6.07) is 7.29. The first-order chi connectivity index (χ1) is 10.8. The summed E-state index contributed by atoms with van der Waals surface area (Å²) in [4.78, 5) is 36.6. The second-order valence-corrected chi connectivity index (χ2v) is 6.33. The van der Waals surface area contributed by atoms with E-state index in [1.54, 1.807) is 23.9 Å². The fraction of sp³-hybridized carbons (Fsp3) is 0.438. The molecule has 1 aromatic rings. The maximum Gasteiger partial charge on any atom is 0.313 e. The van der Waals surface area contributed by atoms with Gasteiger partial charge >= 0.3 is 11.8 Å². The van der Waals surface area contributed by atoms with Gasteiger partial charge in [0.25, 0.3) is 0 Å². The average Bonchev–Trinajstić information content (AvgIpc) is 2.47. The molecule has 0 saturated heterocycles. The molecule has 0 unspecified atom stereocenters. The fourth-order valence-corrected chi connectivity index (χ4v) is 2.39. The van der Waals surface area contributed by atoms with Gasteiger partial charge in [0.15, 0.2) is 0 Å². The van der Waals surface area contributed by atoms with E-state index in [0.29, 0.717) is 5.69 Å². The quantitative estimate of drug-likeness (QED) is 0.771. The minimum atomic E-state index is -0.762. The summed E-state index contributed by atoms with van der Waals surface area (Å²) < 4.78 is 0. The monoisotopic (exact) mass is 337 g/mol. The lowest BCUT2D eigenvalue weighted by Gasteiger charge is -2.17. The van der Waals surface area contributed by atoms with E-state index in [9.17, 15) is 14.4 Å². The van der Waals surface area contributed by atoms with Crippen LogP contribution in [-0.2, 0) is 20.1 Å². The van der Waals surface area contributed by atoms with Gasteiger partial charge < -0.3 is 15.5 Å². The Hall–Kier alpha value is -2.02. The SMILES string of the molecule is CSCc1ccc(NC(=O)C(=O)N(C)CC(=O)NC(C)C)cc1. The van der Waals surface area contributed by atoms with Crippen LogP contribution in [0.5, 0.6) is 0 Å². The van der Waals surface area contributed by atoms with Crippen molar-refractivity contribution in [2.45, 2.75) is 25.6 Å². The number of rotatable bonds is 6. The Labute approximate surface area is 141 Å². The van der Waals surface area contributed by atoms with Gasteiger partial charge in [-0.15, -0.1) is 0 Å². The first kappa shape index (κ1) is 19.0. The highest BCUT2D eigenvalue weighted by Gasteiger charge is 2.21. The molecule has 7 heteroatoms. The predicted octanol–water partition coefficient (Wildman–Crippen LogP) is 1.47. The number of amides is 3. The van der Waals surface area contributed by atoms with E-state index < -0.39 is 11.8 Å². The Morgan fingerprint density at radius 3 is 2.30 bits per heavy atom. The maximum atomic E-state index is 12.0. The zero-order chi connectivity index (χ0) is 17.4. The van der Waals surface area contributed by atoms with Crippen molar-refractivity contribution in [3.05, 3.63) is 29.8 Å². The van der Waals surface area contributed by atoms with Gasteiger partial charge in [0.1, 0.15) is 0 Å². The Kier molecular flexibility index (Phi) is 7.61. The molecule has 0 fully saturated rings. The number of carbonyl (C=O) groups is 3. The van der Waals surface area contributed by atoms with Crippen molar-refractivity contribution in [2.24, 2.45) is 0 Å². The van der Waals surface area contributed by atoms with Crippen molar-refractivity contribution in [2.75, 3.05) is 25.2 Å². The van der Waals surface area contributed by atoms with Gasteiger partial charge in [-0.25, -0.2) is 0 Å². The largest absolute Gasteiger partial charge is 0.352 e. The number of nitrogens with one attached hydrogen (secondary N) is 2. The molecule has 0 radical (unpaired) electrons. The van der Waals surface area contributed by atoms with Crippen LogP contribution in [0.15, 0.2) is 24.3 Å². The van der Waals surface area contributed by atoms with Crippen molar-refractivity contribution in [1.29, 1.82) is 0 Å². The highest BCUT2D eigenvalue weighted by molar-refractivity contribution is 7.97. The summed E-state index contributed by atoms with van der Waals surface area (Å²) in [5.74, 6) is -0.925. The molecule has 126 valence electrons. The lowest BCUT2D eigenvalue weighted by molar-refractivity contribution is -0.143. The molecule has 0 spiro atoms. The molecule has 0 saturated carbocycles. The van der Waals surface area contributed by atoms with Gasteiger partial charge in [-0.3, -0.25) is 14.4 Å². The molecule has 0 heterocycles. The van der Waals surface area contributed by atoms with Crippen LogP contribution < -0.4 is 10.6 Å². The molecule has 0 aliphatic heterocycles. The summed E-state index contributed by atoms with van der Waals surface area (Å²) in [7, 11) is 1.42. The third-order valence-corrected chi connectivity index (χ3v) is 3.52. The predicted molar refractivity (Wildman–Crippen MR) is 93.2 cm³/mol. The van der Waals surface area contributed by atoms with Crippen molar-refractivity contribution in [3.8, 4) is 0 Å². The van der Waals surface area contributed by atoms with E-state index in [1.165, 1.54) is 7.05 Å². The van der Waals surface area contributed by atoms with Crippen LogP contribution >= 0.6 is 11.8 Å². The van der Waals surface area contributed by atoms with Crippen molar-refractivity contribution < 1.29 is 14.4 Å². The molecule has 1 aromatic carbocycles. The molecule has 6 nitrogen and oxygen atoms in total. The molecular formula is C16H23N3O3S. The van der Waals surface area contributed by atoms with E-state index in [1.807, 2.05) is 32.2 Å². The van der Waals surface area contributed by atoms with Gasteiger partial charge in [0, 0.05) is 24.5 Å². The average molecular weight is 337 g/mol. The van der Waals surface area contributed by atoms with Gasteiger partial charge in [0.05, 0.1) is 6.54 Å².